The molecule has 144 valence electrons. The molecular weight excluding hydrogens is 356 g/mol. The molecule has 0 saturated heterocycles. The molecule has 0 bridgehead atoms. The Hall–Kier alpha value is -3.61. The predicted octanol–water partition coefficient (Wildman–Crippen LogP) is 3.40. The maximum Gasteiger partial charge on any atom is 0.274 e. The van der Waals surface area contributed by atoms with Gasteiger partial charge in [0, 0.05) is 18.7 Å². The first-order chi connectivity index (χ1) is 13.7. The summed E-state index contributed by atoms with van der Waals surface area (Å²) in [5.41, 5.74) is 1.98. The standard InChI is InChI=1S/C21H22N4O3/c1-27-16-8-9-19(28-2)17(12-16)25-21(26)18-13-20(24-14-23-18)22-11-10-15-6-4-3-5-7-15/h3-9,12-14H,10-11H2,1-2H3,(H,25,26)(H,22,23,24). The molecule has 0 radical (unpaired) electrons. The molecule has 1 amide bonds. The van der Waals surface area contributed by atoms with Gasteiger partial charge in [-0.15, -0.1) is 0 Å². The Morgan fingerprint density at radius 1 is 1.00 bits per heavy atom. The second-order valence-corrected chi connectivity index (χ2v) is 5.97. The number of nitrogens with one attached hydrogen (secondary N) is 2. The van der Waals surface area contributed by atoms with Gasteiger partial charge in [-0.1, -0.05) is 30.3 Å². The van der Waals surface area contributed by atoms with Crippen molar-refractivity contribution in [1.29, 1.82) is 0 Å². The van der Waals surface area contributed by atoms with Crippen LogP contribution >= 0.6 is 0 Å². The smallest absolute Gasteiger partial charge is 0.274 e. The topological polar surface area (TPSA) is 85.4 Å². The second kappa shape index (κ2) is 9.36. The van der Waals surface area contributed by atoms with Crippen LogP contribution in [0.1, 0.15) is 16.1 Å². The molecule has 0 unspecified atom stereocenters. The molecule has 2 aromatic carbocycles. The summed E-state index contributed by atoms with van der Waals surface area (Å²) in [4.78, 5) is 20.8. The molecule has 0 aliphatic rings. The van der Waals surface area contributed by atoms with Gasteiger partial charge in [-0.3, -0.25) is 4.79 Å². The van der Waals surface area contributed by atoms with Crippen LogP contribution < -0.4 is 20.1 Å². The summed E-state index contributed by atoms with van der Waals surface area (Å²) in [5.74, 6) is 1.38. The van der Waals surface area contributed by atoms with Crippen molar-refractivity contribution in [2.24, 2.45) is 0 Å². The first kappa shape index (κ1) is 19.2. The number of amides is 1. The fraction of sp³-hybridized carbons (Fsp3) is 0.190. The average molecular weight is 378 g/mol. The van der Waals surface area contributed by atoms with Crippen molar-refractivity contribution in [2.75, 3.05) is 31.4 Å². The molecular formula is C21H22N4O3. The monoisotopic (exact) mass is 378 g/mol. The van der Waals surface area contributed by atoms with E-state index in [1.54, 1.807) is 31.4 Å². The summed E-state index contributed by atoms with van der Waals surface area (Å²) in [6, 6.07) is 16.9. The second-order valence-electron chi connectivity index (χ2n) is 5.97. The predicted molar refractivity (Wildman–Crippen MR) is 108 cm³/mol. The minimum Gasteiger partial charge on any atom is -0.497 e. The van der Waals surface area contributed by atoms with Crippen molar-refractivity contribution in [2.45, 2.75) is 6.42 Å². The van der Waals surface area contributed by atoms with Gasteiger partial charge in [0.25, 0.3) is 5.91 Å². The van der Waals surface area contributed by atoms with Crippen LogP contribution in [-0.4, -0.2) is 36.6 Å². The van der Waals surface area contributed by atoms with E-state index in [9.17, 15) is 4.79 Å². The number of aromatic nitrogens is 2. The van der Waals surface area contributed by atoms with Gasteiger partial charge in [0.15, 0.2) is 0 Å². The molecule has 7 nitrogen and oxygen atoms in total. The van der Waals surface area contributed by atoms with Gasteiger partial charge in [-0.25, -0.2) is 9.97 Å². The lowest BCUT2D eigenvalue weighted by Crippen LogP contribution is -2.15. The molecule has 2 N–H and O–H groups in total. The Bertz CT molecular complexity index is 932. The normalized spacial score (nSPS) is 10.2. The van der Waals surface area contributed by atoms with E-state index < -0.39 is 0 Å². The number of nitrogens with zero attached hydrogens (tertiary/aromatic N) is 2. The number of carbonyl (C=O) groups is 1. The fourth-order valence-electron chi connectivity index (χ4n) is 2.66. The van der Waals surface area contributed by atoms with Crippen molar-refractivity contribution in [3.63, 3.8) is 0 Å². The van der Waals surface area contributed by atoms with E-state index >= 15 is 0 Å². The molecule has 0 saturated carbocycles. The molecule has 3 rings (SSSR count). The maximum atomic E-state index is 12.6. The van der Waals surface area contributed by atoms with Gasteiger partial charge in [-0.05, 0) is 24.1 Å². The van der Waals surface area contributed by atoms with Crippen LogP contribution in [0.15, 0.2) is 60.9 Å². The fourth-order valence-corrected chi connectivity index (χ4v) is 2.66. The average Bonchev–Trinajstić information content (AvgIpc) is 2.74. The van der Waals surface area contributed by atoms with Crippen LogP contribution in [0.2, 0.25) is 0 Å². The Balaban J connectivity index is 1.65. The zero-order valence-corrected chi connectivity index (χ0v) is 15.8. The third-order valence-electron chi connectivity index (χ3n) is 4.12. The van der Waals surface area contributed by atoms with Gasteiger partial charge >= 0.3 is 0 Å². The minimum atomic E-state index is -0.361. The number of rotatable bonds is 8. The Morgan fingerprint density at radius 2 is 1.82 bits per heavy atom. The Labute approximate surface area is 163 Å². The molecule has 0 atom stereocenters. The van der Waals surface area contributed by atoms with E-state index in [4.69, 9.17) is 9.47 Å². The molecule has 0 fully saturated rings. The van der Waals surface area contributed by atoms with E-state index in [1.165, 1.54) is 19.0 Å². The van der Waals surface area contributed by atoms with E-state index in [-0.39, 0.29) is 11.6 Å². The lowest BCUT2D eigenvalue weighted by atomic mass is 10.1. The number of hydrogen-bond acceptors (Lipinski definition) is 6. The lowest BCUT2D eigenvalue weighted by molar-refractivity contribution is 0.102. The molecule has 0 aliphatic heterocycles. The third kappa shape index (κ3) is 4.97. The summed E-state index contributed by atoms with van der Waals surface area (Å²) in [7, 11) is 3.10. The van der Waals surface area contributed by atoms with Crippen molar-refractivity contribution in [1.82, 2.24) is 9.97 Å². The lowest BCUT2D eigenvalue weighted by Gasteiger charge is -2.12. The number of carbonyl (C=O) groups excluding carboxylic acids is 1. The number of ether oxygens (including phenoxy) is 2. The summed E-state index contributed by atoms with van der Waals surface area (Å²) in [5, 5.41) is 6.02. The zero-order valence-electron chi connectivity index (χ0n) is 15.8. The molecule has 0 aliphatic carbocycles. The first-order valence-corrected chi connectivity index (χ1v) is 8.83. The molecule has 1 aromatic heterocycles. The highest BCUT2D eigenvalue weighted by atomic mass is 16.5. The summed E-state index contributed by atoms with van der Waals surface area (Å²) in [6.45, 7) is 0.700. The van der Waals surface area contributed by atoms with Gasteiger partial charge < -0.3 is 20.1 Å². The van der Waals surface area contributed by atoms with Crippen LogP contribution in [0, 0.1) is 0 Å². The SMILES string of the molecule is COc1ccc(OC)c(NC(=O)c2cc(NCCc3ccccc3)ncn2)c1. The van der Waals surface area contributed by atoms with Crippen molar-refractivity contribution in [3.8, 4) is 11.5 Å². The van der Waals surface area contributed by atoms with Gasteiger partial charge in [0.2, 0.25) is 0 Å². The van der Waals surface area contributed by atoms with Crippen molar-refractivity contribution >= 4 is 17.4 Å². The van der Waals surface area contributed by atoms with Gasteiger partial charge in [0.1, 0.15) is 29.3 Å². The van der Waals surface area contributed by atoms with Crippen LogP contribution in [0.25, 0.3) is 0 Å². The summed E-state index contributed by atoms with van der Waals surface area (Å²) >= 11 is 0. The highest BCUT2D eigenvalue weighted by molar-refractivity contribution is 6.04. The molecule has 3 aromatic rings. The number of hydrogen-bond donors (Lipinski definition) is 2. The Kier molecular flexibility index (Phi) is 6.41. The third-order valence-corrected chi connectivity index (χ3v) is 4.12. The van der Waals surface area contributed by atoms with Crippen molar-refractivity contribution < 1.29 is 14.3 Å². The molecule has 1 heterocycles. The van der Waals surface area contributed by atoms with E-state index in [1.807, 2.05) is 18.2 Å². The maximum absolute atomic E-state index is 12.6. The number of benzene rings is 2. The quantitative estimate of drug-likeness (QED) is 0.625. The van der Waals surface area contributed by atoms with Crippen LogP contribution in [0.5, 0.6) is 11.5 Å². The Morgan fingerprint density at radius 3 is 2.57 bits per heavy atom. The van der Waals surface area contributed by atoms with Gasteiger partial charge in [0.05, 0.1) is 19.9 Å². The molecule has 0 spiro atoms. The van der Waals surface area contributed by atoms with Crippen LogP contribution in [-0.2, 0) is 6.42 Å². The zero-order chi connectivity index (χ0) is 19.8. The molecule has 28 heavy (non-hydrogen) atoms. The van der Waals surface area contributed by atoms with Crippen LogP contribution in [0.3, 0.4) is 0 Å². The number of anilines is 2. The number of methoxy groups -OCH3 is 2. The summed E-state index contributed by atoms with van der Waals surface area (Å²) in [6.07, 6.45) is 2.22. The highest BCUT2D eigenvalue weighted by Gasteiger charge is 2.13. The van der Waals surface area contributed by atoms with E-state index in [2.05, 4.69) is 32.7 Å². The summed E-state index contributed by atoms with van der Waals surface area (Å²) < 4.78 is 10.5. The van der Waals surface area contributed by atoms with E-state index in [0.29, 0.717) is 29.5 Å². The molecule has 7 heteroatoms. The minimum absolute atomic E-state index is 0.252. The van der Waals surface area contributed by atoms with Crippen molar-refractivity contribution in [3.05, 3.63) is 72.2 Å². The van der Waals surface area contributed by atoms with Gasteiger partial charge in [-0.2, -0.15) is 0 Å². The van der Waals surface area contributed by atoms with Crippen LogP contribution in [0.4, 0.5) is 11.5 Å². The largest absolute Gasteiger partial charge is 0.497 e. The first-order valence-electron chi connectivity index (χ1n) is 8.83. The highest BCUT2D eigenvalue weighted by Crippen LogP contribution is 2.29. The van der Waals surface area contributed by atoms with E-state index in [0.717, 1.165) is 6.42 Å².